The Hall–Kier alpha value is -6.57. The van der Waals surface area contributed by atoms with E-state index in [1.54, 1.807) is 11.3 Å². The maximum atomic E-state index is 5.27. The van der Waals surface area contributed by atoms with Crippen LogP contribution >= 0.6 is 22.7 Å². The summed E-state index contributed by atoms with van der Waals surface area (Å²) in [5.41, 5.74) is 2.89. The number of aromatic nitrogens is 3. The summed E-state index contributed by atoms with van der Waals surface area (Å²) in [5.74, 6) is 1.97. The van der Waals surface area contributed by atoms with Crippen LogP contribution in [0.1, 0.15) is 0 Å². The van der Waals surface area contributed by atoms with Crippen LogP contribution in [0.3, 0.4) is 0 Å². The third-order valence-corrected chi connectivity index (χ3v) is 18.1. The highest BCUT2D eigenvalue weighted by Crippen LogP contribution is 2.37. The highest BCUT2D eigenvalue weighted by molar-refractivity contribution is 7.26. The number of hydrogen-bond acceptors (Lipinski definition) is 5. The van der Waals surface area contributed by atoms with E-state index in [1.165, 1.54) is 61.1 Å². The normalized spacial score (nSPS) is 11.9. The van der Waals surface area contributed by atoms with E-state index >= 15 is 0 Å². The van der Waals surface area contributed by atoms with Crippen molar-refractivity contribution in [1.29, 1.82) is 0 Å². The zero-order chi connectivity index (χ0) is 37.8. The lowest BCUT2D eigenvalue weighted by Gasteiger charge is -2.34. The highest BCUT2D eigenvalue weighted by atomic mass is 32.1. The van der Waals surface area contributed by atoms with Crippen LogP contribution in [0.15, 0.2) is 200 Å². The second-order valence-corrected chi connectivity index (χ2v) is 20.3. The third-order valence-electron chi connectivity index (χ3n) is 11.1. The van der Waals surface area contributed by atoms with Gasteiger partial charge in [0.05, 0.1) is 0 Å². The largest absolute Gasteiger partial charge is 0.208 e. The van der Waals surface area contributed by atoms with Gasteiger partial charge in [0.25, 0.3) is 0 Å². The smallest absolute Gasteiger partial charge is 0.179 e. The predicted molar refractivity (Wildman–Crippen MR) is 246 cm³/mol. The third kappa shape index (κ3) is 5.72. The zero-order valence-corrected chi connectivity index (χ0v) is 33.3. The summed E-state index contributed by atoms with van der Waals surface area (Å²) in [6.45, 7) is 0. The minimum Gasteiger partial charge on any atom is -0.208 e. The molecule has 0 spiro atoms. The van der Waals surface area contributed by atoms with Crippen molar-refractivity contribution in [2.75, 3.05) is 0 Å². The summed E-state index contributed by atoms with van der Waals surface area (Å²) in [4.78, 5) is 15.6. The molecule has 0 fully saturated rings. The van der Waals surface area contributed by atoms with Crippen LogP contribution in [0.5, 0.6) is 0 Å². The molecule has 6 heteroatoms. The van der Waals surface area contributed by atoms with E-state index in [2.05, 4.69) is 182 Å². The molecule has 0 saturated carbocycles. The summed E-state index contributed by atoms with van der Waals surface area (Å²) < 4.78 is 5.11. The molecule has 0 atom stereocenters. The molecule has 0 saturated heterocycles. The first-order chi connectivity index (χ1) is 28.2. The molecule has 0 amide bonds. The van der Waals surface area contributed by atoms with Crippen molar-refractivity contribution in [3.05, 3.63) is 200 Å². The lowest BCUT2D eigenvalue weighted by molar-refractivity contribution is 1.07. The molecule has 0 radical (unpaired) electrons. The van der Waals surface area contributed by atoms with Gasteiger partial charge in [-0.2, -0.15) is 0 Å². The summed E-state index contributed by atoms with van der Waals surface area (Å²) in [6.07, 6.45) is 0. The Morgan fingerprint density at radius 1 is 0.281 bits per heavy atom. The monoisotopic (exact) mass is 779 g/mol. The lowest BCUT2D eigenvalue weighted by Crippen LogP contribution is -2.74. The van der Waals surface area contributed by atoms with Crippen molar-refractivity contribution in [2.45, 2.75) is 0 Å². The standard InChI is InChI=1S/C51H33N3S2Si/c1-4-15-34(16-5-1)49-52-50(54-51(53-49)36-27-29-43-41-23-10-12-25-45(41)55-47(43)32-36)35-17-14-22-39(31-35)57(37-18-6-2-7-19-37,38-20-8-3-9-21-38)40-28-30-44-42-24-11-13-26-46(42)56-48(44)33-40/h1-33H. The average Bonchev–Trinajstić information content (AvgIpc) is 3.85. The minimum absolute atomic E-state index is 0.654. The molecule has 3 aromatic heterocycles. The molecule has 3 heterocycles. The maximum Gasteiger partial charge on any atom is 0.179 e. The number of nitrogens with zero attached hydrogens (tertiary/aromatic N) is 3. The molecular formula is C51H33N3S2Si. The molecule has 0 aliphatic carbocycles. The number of benzene rings is 8. The van der Waals surface area contributed by atoms with E-state index in [0.29, 0.717) is 17.5 Å². The number of hydrogen-bond donors (Lipinski definition) is 0. The Kier molecular flexibility index (Phi) is 8.21. The van der Waals surface area contributed by atoms with Crippen molar-refractivity contribution >= 4 is 91.8 Å². The molecule has 0 aliphatic rings. The summed E-state index contributed by atoms with van der Waals surface area (Å²) in [5, 5.41) is 10.4. The summed E-state index contributed by atoms with van der Waals surface area (Å²) in [6, 6.07) is 72.6. The van der Waals surface area contributed by atoms with Crippen molar-refractivity contribution in [1.82, 2.24) is 15.0 Å². The Balaban J connectivity index is 1.14. The number of thiophene rings is 2. The van der Waals surface area contributed by atoms with E-state index in [4.69, 9.17) is 15.0 Å². The molecular weight excluding hydrogens is 747 g/mol. The van der Waals surface area contributed by atoms with Crippen molar-refractivity contribution < 1.29 is 0 Å². The van der Waals surface area contributed by atoms with Crippen LogP contribution in [-0.2, 0) is 0 Å². The van der Waals surface area contributed by atoms with Gasteiger partial charge in [0, 0.05) is 57.0 Å². The Labute approximate surface area is 339 Å². The molecule has 268 valence electrons. The Morgan fingerprint density at radius 3 is 1.32 bits per heavy atom. The van der Waals surface area contributed by atoms with Crippen LogP contribution in [0, 0.1) is 0 Å². The van der Waals surface area contributed by atoms with Gasteiger partial charge in [-0.05, 0) is 45.0 Å². The van der Waals surface area contributed by atoms with E-state index < -0.39 is 8.07 Å². The number of rotatable bonds is 7. The highest BCUT2D eigenvalue weighted by Gasteiger charge is 2.42. The van der Waals surface area contributed by atoms with Gasteiger partial charge >= 0.3 is 0 Å². The van der Waals surface area contributed by atoms with Crippen molar-refractivity contribution in [3.8, 4) is 34.2 Å². The molecule has 11 rings (SSSR count). The van der Waals surface area contributed by atoms with Gasteiger partial charge in [-0.3, -0.25) is 0 Å². The molecule has 57 heavy (non-hydrogen) atoms. The zero-order valence-electron chi connectivity index (χ0n) is 30.7. The second kappa shape index (κ2) is 13.9. The molecule has 0 bridgehead atoms. The fraction of sp³-hybridized carbons (Fsp3) is 0. The lowest BCUT2D eigenvalue weighted by atomic mass is 10.1. The van der Waals surface area contributed by atoms with Gasteiger partial charge in [-0.25, -0.2) is 15.0 Å². The molecule has 11 aromatic rings. The quantitative estimate of drug-likeness (QED) is 0.119. The first-order valence-electron chi connectivity index (χ1n) is 19.1. The van der Waals surface area contributed by atoms with E-state index in [0.717, 1.165) is 16.7 Å². The summed E-state index contributed by atoms with van der Waals surface area (Å²) in [7, 11) is -2.90. The fourth-order valence-electron chi connectivity index (χ4n) is 8.44. The molecule has 3 nitrogen and oxygen atoms in total. The van der Waals surface area contributed by atoms with E-state index in [-0.39, 0.29) is 0 Å². The van der Waals surface area contributed by atoms with Gasteiger partial charge in [-0.15, -0.1) is 22.7 Å². The second-order valence-electron chi connectivity index (χ2n) is 14.4. The Morgan fingerprint density at radius 2 is 0.702 bits per heavy atom. The SMILES string of the molecule is c1ccc(-c2nc(-c3cccc([Si](c4ccccc4)(c4ccccc4)c4ccc5c(c4)sc4ccccc45)c3)nc(-c3ccc4c(c3)sc3ccccc34)n2)cc1. The van der Waals surface area contributed by atoms with Gasteiger partial charge in [0.2, 0.25) is 0 Å². The molecule has 0 unspecified atom stereocenters. The van der Waals surface area contributed by atoms with Gasteiger partial charge in [-0.1, -0.05) is 176 Å². The van der Waals surface area contributed by atoms with Crippen LogP contribution in [0.2, 0.25) is 0 Å². The van der Waals surface area contributed by atoms with Crippen LogP contribution in [0.4, 0.5) is 0 Å². The first kappa shape index (κ1) is 33.7. The number of fused-ring (bicyclic) bond motifs is 6. The summed E-state index contributed by atoms with van der Waals surface area (Å²) >= 11 is 3.68. The van der Waals surface area contributed by atoms with Gasteiger partial charge in [0.15, 0.2) is 25.5 Å². The topological polar surface area (TPSA) is 38.7 Å². The van der Waals surface area contributed by atoms with Crippen molar-refractivity contribution in [2.24, 2.45) is 0 Å². The maximum absolute atomic E-state index is 5.27. The molecule has 0 aliphatic heterocycles. The average molecular weight is 780 g/mol. The minimum atomic E-state index is -2.90. The van der Waals surface area contributed by atoms with Gasteiger partial charge < -0.3 is 0 Å². The Bertz CT molecular complexity index is 3210. The molecule has 8 aromatic carbocycles. The first-order valence-corrected chi connectivity index (χ1v) is 22.7. The van der Waals surface area contributed by atoms with Crippen LogP contribution < -0.4 is 20.7 Å². The van der Waals surface area contributed by atoms with Crippen LogP contribution in [0.25, 0.3) is 74.5 Å². The fourth-order valence-corrected chi connectivity index (χ4v) is 15.6. The van der Waals surface area contributed by atoms with E-state index in [1.807, 2.05) is 29.5 Å². The van der Waals surface area contributed by atoms with Crippen molar-refractivity contribution in [3.63, 3.8) is 0 Å². The predicted octanol–water partition coefficient (Wildman–Crippen LogP) is 11.0. The molecule has 0 N–H and O–H groups in total. The van der Waals surface area contributed by atoms with E-state index in [9.17, 15) is 0 Å². The van der Waals surface area contributed by atoms with Crippen LogP contribution in [-0.4, -0.2) is 23.0 Å². The van der Waals surface area contributed by atoms with Gasteiger partial charge in [0.1, 0.15) is 0 Å².